The topological polar surface area (TPSA) is 46.3 Å². The second-order valence-corrected chi connectivity index (χ2v) is 5.20. The third kappa shape index (κ3) is 2.52. The number of allylic oxidation sites excluding steroid dienone is 1. The molecule has 0 saturated heterocycles. The Kier molecular flexibility index (Phi) is 3.24. The Balaban J connectivity index is 2.60. The van der Waals surface area contributed by atoms with E-state index in [-0.39, 0.29) is 5.76 Å². The van der Waals surface area contributed by atoms with Crippen molar-refractivity contribution in [1.29, 1.82) is 0 Å². The average molecular weight is 296 g/mol. The molecular weight excluding hydrogens is 282 g/mol. The van der Waals surface area contributed by atoms with Crippen LogP contribution in [0.1, 0.15) is 38.1 Å². The summed E-state index contributed by atoms with van der Waals surface area (Å²) >= 11 is 3.48. The summed E-state index contributed by atoms with van der Waals surface area (Å²) in [6.45, 7) is 5.85. The number of oxazole rings is 1. The number of aliphatic hydroxyl groups excluding tert-OH is 1. The van der Waals surface area contributed by atoms with Gasteiger partial charge in [0.2, 0.25) is 5.89 Å². The van der Waals surface area contributed by atoms with Gasteiger partial charge in [-0.25, -0.2) is 4.98 Å². The van der Waals surface area contributed by atoms with Gasteiger partial charge in [-0.15, -0.1) is 0 Å². The predicted molar refractivity (Wildman–Crippen MR) is 72.1 cm³/mol. The van der Waals surface area contributed by atoms with Crippen molar-refractivity contribution in [3.8, 4) is 0 Å². The summed E-state index contributed by atoms with van der Waals surface area (Å²) < 4.78 is 6.44. The number of aliphatic hydroxyl groups is 1. The van der Waals surface area contributed by atoms with Gasteiger partial charge in [0.25, 0.3) is 0 Å². The largest absolute Gasteiger partial charge is 0.512 e. The molecule has 1 heterocycles. The molecule has 0 unspecified atom stereocenters. The molecule has 1 aromatic carbocycles. The van der Waals surface area contributed by atoms with E-state index in [0.29, 0.717) is 17.4 Å². The lowest BCUT2D eigenvalue weighted by Crippen LogP contribution is -1.87. The quantitative estimate of drug-likeness (QED) is 0.822. The van der Waals surface area contributed by atoms with E-state index >= 15 is 0 Å². The second kappa shape index (κ2) is 4.53. The molecule has 17 heavy (non-hydrogen) atoms. The van der Waals surface area contributed by atoms with E-state index in [1.54, 1.807) is 6.92 Å². The summed E-state index contributed by atoms with van der Waals surface area (Å²) in [5.41, 5.74) is 2.71. The van der Waals surface area contributed by atoms with Gasteiger partial charge in [0.1, 0.15) is 5.52 Å². The number of rotatable bonds is 2. The summed E-state index contributed by atoms with van der Waals surface area (Å²) in [4.78, 5) is 4.32. The Morgan fingerprint density at radius 1 is 1.47 bits per heavy atom. The molecule has 0 atom stereocenters. The average Bonchev–Trinajstić information content (AvgIpc) is 2.59. The van der Waals surface area contributed by atoms with Gasteiger partial charge in [0.05, 0.1) is 10.2 Å². The Hall–Kier alpha value is -1.29. The van der Waals surface area contributed by atoms with Crippen LogP contribution in [0.25, 0.3) is 17.2 Å². The maximum Gasteiger partial charge on any atom is 0.223 e. The summed E-state index contributed by atoms with van der Waals surface area (Å²) in [5, 5.41) is 9.19. The first-order valence-corrected chi connectivity index (χ1v) is 6.24. The lowest BCUT2D eigenvalue weighted by molar-refractivity contribution is 0.417. The van der Waals surface area contributed by atoms with Crippen molar-refractivity contribution in [1.82, 2.24) is 4.98 Å². The zero-order chi connectivity index (χ0) is 12.6. The van der Waals surface area contributed by atoms with Crippen molar-refractivity contribution in [2.24, 2.45) is 0 Å². The Labute approximate surface area is 108 Å². The number of fused-ring (bicyclic) bond motifs is 1. The van der Waals surface area contributed by atoms with E-state index in [9.17, 15) is 5.11 Å². The van der Waals surface area contributed by atoms with Gasteiger partial charge in [-0.05, 0) is 46.5 Å². The molecule has 3 nitrogen and oxygen atoms in total. The van der Waals surface area contributed by atoms with Crippen LogP contribution < -0.4 is 0 Å². The summed E-state index contributed by atoms with van der Waals surface area (Å²) in [5.74, 6) is 1.03. The molecule has 0 spiro atoms. The lowest BCUT2D eigenvalue weighted by atomic mass is 10.0. The van der Waals surface area contributed by atoms with Crippen LogP contribution >= 0.6 is 15.9 Å². The fourth-order valence-electron chi connectivity index (χ4n) is 1.60. The molecule has 0 bridgehead atoms. The van der Waals surface area contributed by atoms with E-state index in [4.69, 9.17) is 4.42 Å². The molecular formula is C13H14BrNO2. The van der Waals surface area contributed by atoms with Gasteiger partial charge in [-0.3, -0.25) is 0 Å². The van der Waals surface area contributed by atoms with E-state index in [2.05, 4.69) is 34.8 Å². The number of hydrogen-bond donors (Lipinski definition) is 1. The molecule has 2 rings (SSSR count). The number of aromatic nitrogens is 1. The number of nitrogens with zero attached hydrogens (tertiary/aromatic N) is 1. The number of hydrogen-bond acceptors (Lipinski definition) is 3. The molecule has 4 heteroatoms. The fraction of sp³-hybridized carbons (Fsp3) is 0.308. The Morgan fingerprint density at radius 3 is 2.76 bits per heavy atom. The molecule has 0 aliphatic carbocycles. The zero-order valence-corrected chi connectivity index (χ0v) is 11.6. The predicted octanol–water partition coefficient (Wildman–Crippen LogP) is 4.63. The molecule has 1 N–H and O–H groups in total. The lowest BCUT2D eigenvalue weighted by Gasteiger charge is -2.04. The second-order valence-electron chi connectivity index (χ2n) is 4.34. The number of benzene rings is 1. The Bertz CT molecular complexity index is 580. The zero-order valence-electron chi connectivity index (χ0n) is 9.99. The van der Waals surface area contributed by atoms with E-state index < -0.39 is 0 Å². The summed E-state index contributed by atoms with van der Waals surface area (Å²) in [7, 11) is 0. The van der Waals surface area contributed by atoms with Crippen molar-refractivity contribution in [3.63, 3.8) is 0 Å². The normalized spacial score (nSPS) is 12.6. The van der Waals surface area contributed by atoms with Gasteiger partial charge in [0, 0.05) is 6.08 Å². The molecule has 2 aromatic rings. The standard InChI is InChI=1S/C13H14BrNO2/c1-7(2)9-5-10(14)13-11(6-9)15-12(17-13)4-8(3)16/h4-7,16H,1-3H3/b8-4-. The van der Waals surface area contributed by atoms with Crippen molar-refractivity contribution in [3.05, 3.63) is 33.8 Å². The van der Waals surface area contributed by atoms with Crippen LogP contribution in [0.4, 0.5) is 0 Å². The highest BCUT2D eigenvalue weighted by Crippen LogP contribution is 2.30. The minimum Gasteiger partial charge on any atom is -0.512 e. The minimum absolute atomic E-state index is 0.178. The maximum atomic E-state index is 9.19. The van der Waals surface area contributed by atoms with Gasteiger partial charge in [0.15, 0.2) is 5.58 Å². The molecule has 0 amide bonds. The van der Waals surface area contributed by atoms with E-state index in [0.717, 1.165) is 9.99 Å². The van der Waals surface area contributed by atoms with Gasteiger partial charge >= 0.3 is 0 Å². The first kappa shape index (κ1) is 12.2. The van der Waals surface area contributed by atoms with E-state index in [1.807, 2.05) is 12.1 Å². The van der Waals surface area contributed by atoms with Crippen LogP contribution in [0.5, 0.6) is 0 Å². The molecule has 1 aromatic heterocycles. The summed E-state index contributed by atoms with van der Waals surface area (Å²) in [6.07, 6.45) is 1.50. The van der Waals surface area contributed by atoms with E-state index in [1.165, 1.54) is 11.6 Å². The maximum absolute atomic E-state index is 9.19. The number of halogens is 1. The third-order valence-corrected chi connectivity index (χ3v) is 3.07. The van der Waals surface area contributed by atoms with Crippen LogP contribution in [0.2, 0.25) is 0 Å². The Morgan fingerprint density at radius 2 is 2.18 bits per heavy atom. The first-order valence-electron chi connectivity index (χ1n) is 5.44. The monoisotopic (exact) mass is 295 g/mol. The van der Waals surface area contributed by atoms with Gasteiger partial charge in [-0.2, -0.15) is 0 Å². The van der Waals surface area contributed by atoms with Gasteiger partial charge in [-0.1, -0.05) is 13.8 Å². The summed E-state index contributed by atoms with van der Waals surface area (Å²) in [6, 6.07) is 4.05. The molecule has 0 saturated carbocycles. The smallest absolute Gasteiger partial charge is 0.223 e. The molecule has 0 fully saturated rings. The van der Waals surface area contributed by atoms with Crippen molar-refractivity contribution in [2.45, 2.75) is 26.7 Å². The molecule has 0 aliphatic rings. The van der Waals surface area contributed by atoms with Crippen molar-refractivity contribution < 1.29 is 9.52 Å². The van der Waals surface area contributed by atoms with Crippen LogP contribution in [0.15, 0.2) is 26.8 Å². The first-order chi connectivity index (χ1) is 7.97. The highest BCUT2D eigenvalue weighted by atomic mass is 79.9. The SMILES string of the molecule is C/C(O)=C/c1nc2cc(C(C)C)cc(Br)c2o1. The van der Waals surface area contributed by atoms with Crippen LogP contribution in [-0.4, -0.2) is 10.1 Å². The highest BCUT2D eigenvalue weighted by Gasteiger charge is 2.11. The van der Waals surface area contributed by atoms with Crippen molar-refractivity contribution in [2.75, 3.05) is 0 Å². The van der Waals surface area contributed by atoms with Gasteiger partial charge < -0.3 is 9.52 Å². The fourth-order valence-corrected chi connectivity index (χ4v) is 2.15. The van der Waals surface area contributed by atoms with Crippen LogP contribution in [0, 0.1) is 0 Å². The highest BCUT2D eigenvalue weighted by molar-refractivity contribution is 9.10. The molecule has 0 radical (unpaired) electrons. The third-order valence-electron chi connectivity index (χ3n) is 2.48. The van der Waals surface area contributed by atoms with Crippen molar-refractivity contribution >= 4 is 33.1 Å². The van der Waals surface area contributed by atoms with Crippen LogP contribution in [-0.2, 0) is 0 Å². The molecule has 90 valence electrons. The molecule has 0 aliphatic heterocycles. The van der Waals surface area contributed by atoms with Crippen LogP contribution in [0.3, 0.4) is 0 Å². The minimum atomic E-state index is 0.178.